The van der Waals surface area contributed by atoms with Gasteiger partial charge in [-0.3, -0.25) is 9.59 Å². The van der Waals surface area contributed by atoms with Gasteiger partial charge in [-0.05, 0) is 31.9 Å². The van der Waals surface area contributed by atoms with Crippen LogP contribution in [-0.4, -0.2) is 44.7 Å². The lowest BCUT2D eigenvalue weighted by atomic mass is 10.2. The lowest BCUT2D eigenvalue weighted by Gasteiger charge is -2.16. The largest absolute Gasteiger partial charge is 0.376 e. The van der Waals surface area contributed by atoms with Crippen molar-refractivity contribution in [1.29, 1.82) is 0 Å². The minimum atomic E-state index is -0.709. The van der Waals surface area contributed by atoms with E-state index >= 15 is 0 Å². The minimum absolute atomic E-state index is 0.0613. The average molecular weight is 317 g/mol. The topological polar surface area (TPSA) is 91.0 Å². The first kappa shape index (κ1) is 15.4. The maximum absolute atomic E-state index is 12.3. The van der Waals surface area contributed by atoms with Gasteiger partial charge >= 0.3 is 0 Å². The number of ether oxygens (including phenoxy) is 1. The maximum atomic E-state index is 12.3. The Kier molecular flexibility index (Phi) is 4.52. The lowest BCUT2D eigenvalue weighted by molar-refractivity contribution is -0.124. The summed E-state index contributed by atoms with van der Waals surface area (Å²) in [5.41, 5.74) is -0.333. The van der Waals surface area contributed by atoms with Crippen molar-refractivity contribution in [3.8, 4) is 5.82 Å². The molecule has 122 valence electrons. The fourth-order valence-corrected chi connectivity index (χ4v) is 2.50. The Morgan fingerprint density at radius 3 is 3.09 bits per heavy atom. The monoisotopic (exact) mass is 317 g/mol. The summed E-state index contributed by atoms with van der Waals surface area (Å²) < 4.78 is 8.17. The number of carbonyl (C=O) groups is 1. The van der Waals surface area contributed by atoms with E-state index in [9.17, 15) is 9.59 Å². The maximum Gasteiger partial charge on any atom is 0.267 e. The van der Waals surface area contributed by atoms with Crippen LogP contribution in [0.4, 0.5) is 0 Å². The predicted octanol–water partition coefficient (Wildman–Crippen LogP) is 0.285. The molecular weight excluding hydrogens is 298 g/mol. The molecule has 3 rings (SSSR count). The van der Waals surface area contributed by atoms with Crippen molar-refractivity contribution in [2.24, 2.45) is 0 Å². The molecule has 0 aromatic carbocycles. The van der Waals surface area contributed by atoms with Gasteiger partial charge in [0.2, 0.25) is 5.91 Å². The van der Waals surface area contributed by atoms with E-state index in [1.807, 2.05) is 0 Å². The molecule has 23 heavy (non-hydrogen) atoms. The number of hydrogen-bond donors (Lipinski definition) is 1. The molecule has 2 atom stereocenters. The Bertz CT molecular complexity index is 719. The number of carbonyl (C=O) groups excluding carboxylic acids is 1. The van der Waals surface area contributed by atoms with E-state index in [2.05, 4.69) is 15.5 Å². The third kappa shape index (κ3) is 3.48. The van der Waals surface area contributed by atoms with Gasteiger partial charge in [-0.1, -0.05) is 0 Å². The lowest BCUT2D eigenvalue weighted by Crippen LogP contribution is -2.40. The molecule has 1 aliphatic rings. The van der Waals surface area contributed by atoms with Crippen LogP contribution in [0.25, 0.3) is 5.82 Å². The van der Waals surface area contributed by atoms with Crippen LogP contribution >= 0.6 is 0 Å². The van der Waals surface area contributed by atoms with Crippen LogP contribution in [0.3, 0.4) is 0 Å². The van der Waals surface area contributed by atoms with Gasteiger partial charge in [0.1, 0.15) is 6.04 Å². The van der Waals surface area contributed by atoms with Crippen molar-refractivity contribution in [3.63, 3.8) is 0 Å². The molecule has 0 saturated carbocycles. The number of nitrogens with zero attached hydrogens (tertiary/aromatic N) is 4. The summed E-state index contributed by atoms with van der Waals surface area (Å²) in [6, 6.07) is 4.00. The predicted molar refractivity (Wildman–Crippen MR) is 82.3 cm³/mol. The number of rotatable bonds is 5. The molecular formula is C15H19N5O3. The number of aromatic nitrogens is 4. The first-order chi connectivity index (χ1) is 11.1. The highest BCUT2D eigenvalue weighted by Gasteiger charge is 2.21. The van der Waals surface area contributed by atoms with Crippen LogP contribution in [0.5, 0.6) is 0 Å². The molecule has 1 aliphatic heterocycles. The van der Waals surface area contributed by atoms with Gasteiger partial charge in [-0.15, -0.1) is 5.10 Å². The van der Waals surface area contributed by atoms with Crippen molar-refractivity contribution in [2.75, 3.05) is 13.2 Å². The highest BCUT2D eigenvalue weighted by molar-refractivity contribution is 5.79. The van der Waals surface area contributed by atoms with Gasteiger partial charge in [0, 0.05) is 31.6 Å². The second-order valence-electron chi connectivity index (χ2n) is 5.48. The van der Waals surface area contributed by atoms with Crippen molar-refractivity contribution in [2.45, 2.75) is 31.9 Å². The van der Waals surface area contributed by atoms with Crippen LogP contribution in [0.2, 0.25) is 0 Å². The molecule has 1 N–H and O–H groups in total. The zero-order valence-corrected chi connectivity index (χ0v) is 12.9. The van der Waals surface area contributed by atoms with Crippen molar-refractivity contribution in [1.82, 2.24) is 24.9 Å². The zero-order valence-electron chi connectivity index (χ0n) is 12.9. The zero-order chi connectivity index (χ0) is 16.2. The van der Waals surface area contributed by atoms with Gasteiger partial charge in [0.05, 0.1) is 6.10 Å². The molecule has 1 fully saturated rings. The van der Waals surface area contributed by atoms with Crippen molar-refractivity contribution in [3.05, 3.63) is 40.9 Å². The van der Waals surface area contributed by atoms with E-state index in [1.54, 1.807) is 31.5 Å². The van der Waals surface area contributed by atoms with Crippen LogP contribution in [0.1, 0.15) is 25.8 Å². The summed E-state index contributed by atoms with van der Waals surface area (Å²) in [7, 11) is 0. The summed E-state index contributed by atoms with van der Waals surface area (Å²) in [5, 5.41) is 11.1. The van der Waals surface area contributed by atoms with E-state index in [1.165, 1.54) is 15.4 Å². The summed E-state index contributed by atoms with van der Waals surface area (Å²) in [6.07, 6.45) is 5.37. The molecule has 0 bridgehead atoms. The molecule has 0 aliphatic carbocycles. The van der Waals surface area contributed by atoms with Gasteiger partial charge < -0.3 is 10.1 Å². The van der Waals surface area contributed by atoms with Crippen LogP contribution in [0.15, 0.2) is 35.4 Å². The SMILES string of the molecule is CC(C(=O)NCC1CCCO1)n1nc(-n2cccn2)ccc1=O. The van der Waals surface area contributed by atoms with Crippen molar-refractivity contribution >= 4 is 5.91 Å². The summed E-state index contributed by atoms with van der Waals surface area (Å²) in [5.74, 6) is 0.223. The fraction of sp³-hybridized carbons (Fsp3) is 0.467. The second kappa shape index (κ2) is 6.74. The van der Waals surface area contributed by atoms with E-state index in [4.69, 9.17) is 4.74 Å². The molecule has 1 saturated heterocycles. The van der Waals surface area contributed by atoms with Crippen LogP contribution in [0, 0.1) is 0 Å². The standard InChI is InChI=1S/C15H19N5O3/c1-11(15(22)16-10-12-4-2-9-23-12)20-14(21)6-5-13(18-20)19-8-3-7-17-19/h3,5-8,11-12H,2,4,9-10H2,1H3,(H,16,22). The smallest absolute Gasteiger partial charge is 0.267 e. The van der Waals surface area contributed by atoms with Gasteiger partial charge in [0.15, 0.2) is 5.82 Å². The molecule has 8 nitrogen and oxygen atoms in total. The normalized spacial score (nSPS) is 18.7. The van der Waals surface area contributed by atoms with Gasteiger partial charge in [-0.25, -0.2) is 9.36 Å². The first-order valence-corrected chi connectivity index (χ1v) is 7.64. The highest BCUT2D eigenvalue weighted by Crippen LogP contribution is 2.11. The molecule has 2 aromatic heterocycles. The quantitative estimate of drug-likeness (QED) is 0.855. The third-order valence-electron chi connectivity index (χ3n) is 3.82. The Hall–Kier alpha value is -2.48. The van der Waals surface area contributed by atoms with Gasteiger partial charge in [0.25, 0.3) is 5.56 Å². The molecule has 0 radical (unpaired) electrons. The Morgan fingerprint density at radius 1 is 1.52 bits per heavy atom. The van der Waals surface area contributed by atoms with E-state index in [-0.39, 0.29) is 17.6 Å². The Labute approximate surface area is 133 Å². The van der Waals surface area contributed by atoms with Crippen molar-refractivity contribution < 1.29 is 9.53 Å². The minimum Gasteiger partial charge on any atom is -0.376 e. The number of nitrogens with one attached hydrogen (secondary N) is 1. The Morgan fingerprint density at radius 2 is 2.39 bits per heavy atom. The van der Waals surface area contributed by atoms with Crippen LogP contribution in [-0.2, 0) is 9.53 Å². The summed E-state index contributed by atoms with van der Waals surface area (Å²) >= 11 is 0. The van der Waals surface area contributed by atoms with Crippen LogP contribution < -0.4 is 10.9 Å². The fourth-order valence-electron chi connectivity index (χ4n) is 2.50. The molecule has 2 unspecified atom stereocenters. The third-order valence-corrected chi connectivity index (χ3v) is 3.82. The molecule has 1 amide bonds. The molecule has 2 aromatic rings. The van der Waals surface area contributed by atoms with E-state index < -0.39 is 6.04 Å². The number of hydrogen-bond acceptors (Lipinski definition) is 5. The van der Waals surface area contributed by atoms with Gasteiger partial charge in [-0.2, -0.15) is 5.10 Å². The first-order valence-electron chi connectivity index (χ1n) is 7.64. The number of amides is 1. The Balaban J connectivity index is 1.72. The van der Waals surface area contributed by atoms with E-state index in [0.717, 1.165) is 19.4 Å². The highest BCUT2D eigenvalue weighted by atomic mass is 16.5. The molecule has 8 heteroatoms. The summed E-state index contributed by atoms with van der Waals surface area (Å²) in [6.45, 7) is 2.84. The molecule has 0 spiro atoms. The average Bonchev–Trinajstić information content (AvgIpc) is 3.25. The second-order valence-corrected chi connectivity index (χ2v) is 5.48. The molecule has 3 heterocycles. The summed E-state index contributed by atoms with van der Waals surface area (Å²) in [4.78, 5) is 24.3. The van der Waals surface area contributed by atoms with E-state index in [0.29, 0.717) is 12.4 Å².